The number of aromatic nitrogens is 5. The van der Waals surface area contributed by atoms with Crippen molar-refractivity contribution in [2.45, 2.75) is 38.6 Å². The zero-order chi connectivity index (χ0) is 22.2. The van der Waals surface area contributed by atoms with Gasteiger partial charge in [0.05, 0.1) is 35.7 Å². The highest BCUT2D eigenvalue weighted by molar-refractivity contribution is 5.96. The molecular weight excluding hydrogens is 402 g/mol. The van der Waals surface area contributed by atoms with Crippen molar-refractivity contribution in [3.05, 3.63) is 72.2 Å². The van der Waals surface area contributed by atoms with E-state index in [9.17, 15) is 4.79 Å². The normalized spacial score (nSPS) is 16.4. The van der Waals surface area contributed by atoms with Crippen molar-refractivity contribution in [3.63, 3.8) is 0 Å². The number of pyridine rings is 2. The van der Waals surface area contributed by atoms with E-state index in [-0.39, 0.29) is 11.9 Å². The zero-order valence-corrected chi connectivity index (χ0v) is 18.1. The van der Waals surface area contributed by atoms with E-state index in [2.05, 4.69) is 35.0 Å². The van der Waals surface area contributed by atoms with Crippen LogP contribution in [0, 0.1) is 0 Å². The summed E-state index contributed by atoms with van der Waals surface area (Å²) in [6.07, 6.45) is 8.27. The number of hydrogen-bond donors (Lipinski definition) is 1. The van der Waals surface area contributed by atoms with Gasteiger partial charge in [-0.2, -0.15) is 5.10 Å². The minimum absolute atomic E-state index is 0.0406. The Morgan fingerprint density at radius 1 is 1.16 bits per heavy atom. The summed E-state index contributed by atoms with van der Waals surface area (Å²) in [6, 6.07) is 9.76. The molecule has 1 aliphatic rings. The molecule has 5 rings (SSSR count). The molecule has 8 heteroatoms. The Kier molecular flexibility index (Phi) is 5.14. The van der Waals surface area contributed by atoms with Crippen LogP contribution in [-0.2, 0) is 11.2 Å². The minimum atomic E-state index is -0.114. The summed E-state index contributed by atoms with van der Waals surface area (Å²) in [4.78, 5) is 27.5. The Balaban J connectivity index is 1.37. The maximum absolute atomic E-state index is 12.0. The molecule has 8 nitrogen and oxygen atoms in total. The van der Waals surface area contributed by atoms with E-state index in [1.807, 2.05) is 41.2 Å². The van der Waals surface area contributed by atoms with E-state index >= 15 is 0 Å². The Morgan fingerprint density at radius 2 is 2.03 bits per heavy atom. The molecule has 32 heavy (non-hydrogen) atoms. The average molecular weight is 428 g/mol. The molecule has 4 aromatic heterocycles. The fraction of sp³-hybridized carbons (Fsp3) is 0.292. The number of carbonyl (C=O) groups excluding carboxylic acids is 1. The SMILES string of the molecule is CC(C)c1cnn2ccc(-c3ccnc(Cc4ccc(N5CC(N)CC5=O)cn4)n3)cc12. The van der Waals surface area contributed by atoms with Crippen LogP contribution >= 0.6 is 0 Å². The molecule has 0 spiro atoms. The fourth-order valence-electron chi connectivity index (χ4n) is 4.08. The molecule has 0 bridgehead atoms. The molecule has 2 N–H and O–H groups in total. The average Bonchev–Trinajstić information content (AvgIpc) is 3.36. The summed E-state index contributed by atoms with van der Waals surface area (Å²) in [7, 11) is 0. The standard InChI is InChI=1S/C24H25N7O/c1-15(2)20-13-28-31-8-6-16(9-22(20)31)21-5-7-26-23(29-21)11-18-3-4-19(12-27-18)30-14-17(25)10-24(30)32/h3-9,12-13,15,17H,10-11,14,25H2,1-2H3. The van der Waals surface area contributed by atoms with Gasteiger partial charge in [-0.25, -0.2) is 14.5 Å². The Labute approximate surface area is 186 Å². The van der Waals surface area contributed by atoms with Crippen LogP contribution in [0.1, 0.15) is 43.3 Å². The molecule has 1 fully saturated rings. The molecule has 1 amide bonds. The van der Waals surface area contributed by atoms with Crippen LogP contribution in [0.15, 0.2) is 55.1 Å². The van der Waals surface area contributed by atoms with Crippen molar-refractivity contribution in [2.24, 2.45) is 5.73 Å². The summed E-state index contributed by atoms with van der Waals surface area (Å²) in [6.45, 7) is 4.86. The summed E-state index contributed by atoms with van der Waals surface area (Å²) in [5.74, 6) is 1.13. The predicted octanol–water partition coefficient (Wildman–Crippen LogP) is 2.96. The van der Waals surface area contributed by atoms with E-state index < -0.39 is 0 Å². The van der Waals surface area contributed by atoms with Gasteiger partial charge in [0.15, 0.2) is 0 Å². The first kappa shape index (κ1) is 20.3. The number of carbonyl (C=O) groups is 1. The molecule has 4 aromatic rings. The Bertz CT molecular complexity index is 1280. The van der Waals surface area contributed by atoms with Crippen LogP contribution < -0.4 is 10.6 Å². The molecule has 1 saturated heterocycles. The number of rotatable bonds is 5. The van der Waals surface area contributed by atoms with Gasteiger partial charge in [-0.3, -0.25) is 9.78 Å². The lowest BCUT2D eigenvalue weighted by Gasteiger charge is -2.15. The van der Waals surface area contributed by atoms with Gasteiger partial charge in [0.25, 0.3) is 0 Å². The number of nitrogens with two attached hydrogens (primary N) is 1. The Morgan fingerprint density at radius 3 is 2.75 bits per heavy atom. The molecule has 1 unspecified atom stereocenters. The smallest absolute Gasteiger partial charge is 0.228 e. The monoisotopic (exact) mass is 427 g/mol. The maximum Gasteiger partial charge on any atom is 0.228 e. The van der Waals surface area contributed by atoms with Gasteiger partial charge < -0.3 is 10.6 Å². The van der Waals surface area contributed by atoms with Crippen LogP contribution in [-0.4, -0.2) is 43.1 Å². The molecule has 1 aliphatic heterocycles. The van der Waals surface area contributed by atoms with Gasteiger partial charge in [0, 0.05) is 48.2 Å². The maximum atomic E-state index is 12.0. The van der Waals surface area contributed by atoms with Gasteiger partial charge in [-0.1, -0.05) is 13.8 Å². The second-order valence-corrected chi connectivity index (χ2v) is 8.51. The van der Waals surface area contributed by atoms with Crippen molar-refractivity contribution < 1.29 is 4.79 Å². The van der Waals surface area contributed by atoms with Crippen molar-refractivity contribution >= 4 is 17.1 Å². The second-order valence-electron chi connectivity index (χ2n) is 8.51. The van der Waals surface area contributed by atoms with Crippen molar-refractivity contribution in [2.75, 3.05) is 11.4 Å². The van der Waals surface area contributed by atoms with Crippen molar-refractivity contribution in [3.8, 4) is 11.3 Å². The van der Waals surface area contributed by atoms with Crippen LogP contribution in [0.25, 0.3) is 16.8 Å². The van der Waals surface area contributed by atoms with Crippen LogP contribution in [0.5, 0.6) is 0 Å². The topological polar surface area (TPSA) is 102 Å². The van der Waals surface area contributed by atoms with Gasteiger partial charge in [-0.05, 0) is 36.2 Å². The van der Waals surface area contributed by atoms with Gasteiger partial charge >= 0.3 is 0 Å². The quantitative estimate of drug-likeness (QED) is 0.525. The third-order valence-electron chi connectivity index (χ3n) is 5.79. The van der Waals surface area contributed by atoms with E-state index in [1.54, 1.807) is 17.3 Å². The molecule has 0 aromatic carbocycles. The highest BCUT2D eigenvalue weighted by Gasteiger charge is 2.28. The lowest BCUT2D eigenvalue weighted by molar-refractivity contribution is -0.117. The zero-order valence-electron chi connectivity index (χ0n) is 18.1. The minimum Gasteiger partial charge on any atom is -0.326 e. The number of amides is 1. The predicted molar refractivity (Wildman–Crippen MR) is 122 cm³/mol. The summed E-state index contributed by atoms with van der Waals surface area (Å²) >= 11 is 0. The number of hydrogen-bond acceptors (Lipinski definition) is 6. The first-order chi connectivity index (χ1) is 15.5. The van der Waals surface area contributed by atoms with E-state index in [0.29, 0.717) is 31.1 Å². The van der Waals surface area contributed by atoms with Gasteiger partial charge in [-0.15, -0.1) is 0 Å². The van der Waals surface area contributed by atoms with Crippen LogP contribution in [0.4, 0.5) is 5.69 Å². The van der Waals surface area contributed by atoms with E-state index in [4.69, 9.17) is 10.7 Å². The highest BCUT2D eigenvalue weighted by Crippen LogP contribution is 2.25. The fourth-order valence-corrected chi connectivity index (χ4v) is 4.08. The van der Waals surface area contributed by atoms with Crippen molar-refractivity contribution in [1.82, 2.24) is 24.6 Å². The van der Waals surface area contributed by atoms with Gasteiger partial charge in [0.1, 0.15) is 5.82 Å². The lowest BCUT2D eigenvalue weighted by atomic mass is 10.0. The highest BCUT2D eigenvalue weighted by atomic mass is 16.2. The van der Waals surface area contributed by atoms with Crippen molar-refractivity contribution in [1.29, 1.82) is 0 Å². The van der Waals surface area contributed by atoms with Crippen LogP contribution in [0.3, 0.4) is 0 Å². The molecular formula is C24H25N7O. The molecule has 0 saturated carbocycles. The number of nitrogens with zero attached hydrogens (tertiary/aromatic N) is 6. The number of anilines is 1. The molecule has 162 valence electrons. The largest absolute Gasteiger partial charge is 0.326 e. The molecule has 5 heterocycles. The van der Waals surface area contributed by atoms with Crippen LogP contribution in [0.2, 0.25) is 0 Å². The first-order valence-corrected chi connectivity index (χ1v) is 10.8. The third-order valence-corrected chi connectivity index (χ3v) is 5.79. The molecule has 0 aliphatic carbocycles. The summed E-state index contributed by atoms with van der Waals surface area (Å²) in [5, 5.41) is 4.44. The summed E-state index contributed by atoms with van der Waals surface area (Å²) < 4.78 is 1.89. The third kappa shape index (κ3) is 3.85. The van der Waals surface area contributed by atoms with Gasteiger partial charge in [0.2, 0.25) is 5.91 Å². The molecule has 0 radical (unpaired) electrons. The second kappa shape index (κ2) is 8.12. The van der Waals surface area contributed by atoms with E-state index in [0.717, 1.165) is 28.2 Å². The lowest BCUT2D eigenvalue weighted by Crippen LogP contribution is -2.28. The van der Waals surface area contributed by atoms with E-state index in [1.165, 1.54) is 5.56 Å². The molecule has 1 atom stereocenters. The Hall–Kier alpha value is -3.65. The summed E-state index contributed by atoms with van der Waals surface area (Å²) in [5.41, 5.74) is 11.7. The first-order valence-electron chi connectivity index (χ1n) is 10.8. The number of fused-ring (bicyclic) bond motifs is 1.